The molecule has 0 aliphatic heterocycles. The molecule has 4 heteroatoms. The summed E-state index contributed by atoms with van der Waals surface area (Å²) in [6.45, 7) is 10.7. The molecule has 0 saturated carbocycles. The average molecular weight is 467 g/mol. The van der Waals surface area contributed by atoms with Crippen LogP contribution >= 0.6 is 0 Å². The van der Waals surface area contributed by atoms with Crippen molar-refractivity contribution in [2.24, 2.45) is 0 Å². The fraction of sp³-hybridized carbons (Fsp3) is 0.226. The molecular weight excluding hydrogens is 432 g/mol. The van der Waals surface area contributed by atoms with Gasteiger partial charge in [-0.05, 0) is 93.8 Å². The predicted molar refractivity (Wildman–Crippen MR) is 146 cm³/mol. The number of benzene rings is 4. The number of nitrogen functional groups attached to an aromatic ring is 2. The van der Waals surface area contributed by atoms with Gasteiger partial charge in [0.1, 0.15) is 23.0 Å². The maximum atomic E-state index is 6.48. The Morgan fingerprint density at radius 1 is 0.600 bits per heavy atom. The van der Waals surface area contributed by atoms with E-state index >= 15 is 0 Å². The van der Waals surface area contributed by atoms with Crippen molar-refractivity contribution in [3.8, 4) is 23.0 Å². The standard InChI is InChI=1S/C31H34N2O2/c1-6-27(28-17-19(2)15-21(4)30(28)34-25-11-7-23(32)8-12-25)29-18-20(3)16-22(5)31(29)35-26-13-9-24(33)10-14-26/h7-18,27H,6,32-33H2,1-5H3. The molecular formula is C31H34N2O2. The predicted octanol–water partition coefficient (Wildman–Crippen LogP) is 8.21. The summed E-state index contributed by atoms with van der Waals surface area (Å²) >= 11 is 0. The van der Waals surface area contributed by atoms with Crippen molar-refractivity contribution < 1.29 is 9.47 Å². The number of anilines is 2. The first-order chi connectivity index (χ1) is 16.7. The molecule has 4 N–H and O–H groups in total. The van der Waals surface area contributed by atoms with Gasteiger partial charge in [-0.1, -0.05) is 42.3 Å². The Kier molecular flexibility index (Phi) is 7.02. The molecule has 35 heavy (non-hydrogen) atoms. The van der Waals surface area contributed by atoms with Crippen LogP contribution in [-0.2, 0) is 0 Å². The highest BCUT2D eigenvalue weighted by atomic mass is 16.5. The summed E-state index contributed by atoms with van der Waals surface area (Å²) in [6, 6.07) is 23.9. The Morgan fingerprint density at radius 3 is 1.31 bits per heavy atom. The average Bonchev–Trinajstić information content (AvgIpc) is 2.81. The van der Waals surface area contributed by atoms with Crippen molar-refractivity contribution >= 4 is 11.4 Å². The highest BCUT2D eigenvalue weighted by molar-refractivity contribution is 5.56. The van der Waals surface area contributed by atoms with Crippen LogP contribution < -0.4 is 20.9 Å². The van der Waals surface area contributed by atoms with Gasteiger partial charge in [-0.15, -0.1) is 0 Å². The first-order valence-electron chi connectivity index (χ1n) is 12.0. The molecule has 4 nitrogen and oxygen atoms in total. The topological polar surface area (TPSA) is 70.5 Å². The Balaban J connectivity index is 1.84. The maximum absolute atomic E-state index is 6.48. The number of ether oxygens (including phenoxy) is 2. The fourth-order valence-corrected chi connectivity index (χ4v) is 4.69. The first-order valence-corrected chi connectivity index (χ1v) is 12.0. The van der Waals surface area contributed by atoms with Crippen LogP contribution in [0.3, 0.4) is 0 Å². The van der Waals surface area contributed by atoms with Crippen LogP contribution in [-0.4, -0.2) is 0 Å². The van der Waals surface area contributed by atoms with E-state index in [1.165, 1.54) is 11.1 Å². The van der Waals surface area contributed by atoms with E-state index in [2.05, 4.69) is 58.9 Å². The van der Waals surface area contributed by atoms with Gasteiger partial charge in [-0.3, -0.25) is 0 Å². The molecule has 0 bridgehead atoms. The molecule has 0 aromatic heterocycles. The molecule has 0 spiro atoms. The molecule has 0 aliphatic rings. The molecule has 0 saturated heterocycles. The zero-order chi connectivity index (χ0) is 25.1. The van der Waals surface area contributed by atoms with E-state index in [-0.39, 0.29) is 5.92 Å². The lowest BCUT2D eigenvalue weighted by Gasteiger charge is -2.25. The van der Waals surface area contributed by atoms with Crippen LogP contribution in [0.5, 0.6) is 23.0 Å². The molecule has 0 unspecified atom stereocenters. The van der Waals surface area contributed by atoms with Gasteiger partial charge in [0, 0.05) is 28.4 Å². The normalized spacial score (nSPS) is 11.0. The van der Waals surface area contributed by atoms with Crippen molar-refractivity contribution in [1.82, 2.24) is 0 Å². The maximum Gasteiger partial charge on any atom is 0.134 e. The van der Waals surface area contributed by atoms with Crippen LogP contribution in [0.1, 0.15) is 52.6 Å². The Morgan fingerprint density at radius 2 is 0.971 bits per heavy atom. The van der Waals surface area contributed by atoms with E-state index in [1.807, 2.05) is 48.5 Å². The highest BCUT2D eigenvalue weighted by Gasteiger charge is 2.24. The van der Waals surface area contributed by atoms with E-state index in [4.69, 9.17) is 20.9 Å². The molecule has 0 fully saturated rings. The summed E-state index contributed by atoms with van der Waals surface area (Å²) in [5, 5.41) is 0. The summed E-state index contributed by atoms with van der Waals surface area (Å²) < 4.78 is 13.0. The number of aryl methyl sites for hydroxylation is 4. The third-order valence-electron chi connectivity index (χ3n) is 6.25. The van der Waals surface area contributed by atoms with Crippen molar-refractivity contribution in [2.45, 2.75) is 47.0 Å². The Labute approximate surface area is 208 Å². The summed E-state index contributed by atoms with van der Waals surface area (Å²) in [5.74, 6) is 3.37. The minimum absolute atomic E-state index is 0.0831. The van der Waals surface area contributed by atoms with Gasteiger partial charge in [-0.25, -0.2) is 0 Å². The number of hydrogen-bond acceptors (Lipinski definition) is 4. The molecule has 4 rings (SSSR count). The summed E-state index contributed by atoms with van der Waals surface area (Å²) in [5.41, 5.74) is 20.1. The van der Waals surface area contributed by atoms with Crippen LogP contribution in [0.4, 0.5) is 11.4 Å². The van der Waals surface area contributed by atoms with Crippen molar-refractivity contribution in [2.75, 3.05) is 11.5 Å². The second-order valence-corrected chi connectivity index (χ2v) is 9.30. The minimum atomic E-state index is 0.0831. The number of rotatable bonds is 7. The lowest BCUT2D eigenvalue weighted by Crippen LogP contribution is -2.07. The smallest absolute Gasteiger partial charge is 0.134 e. The third kappa shape index (κ3) is 5.43. The summed E-state index contributed by atoms with van der Waals surface area (Å²) in [4.78, 5) is 0. The number of nitrogens with two attached hydrogens (primary N) is 2. The first kappa shape index (κ1) is 24.2. The van der Waals surface area contributed by atoms with Gasteiger partial charge in [0.05, 0.1) is 0 Å². The third-order valence-corrected chi connectivity index (χ3v) is 6.25. The fourth-order valence-electron chi connectivity index (χ4n) is 4.69. The molecule has 0 radical (unpaired) electrons. The Bertz CT molecular complexity index is 1220. The van der Waals surface area contributed by atoms with E-state index in [0.717, 1.165) is 51.7 Å². The quantitative estimate of drug-likeness (QED) is 0.269. The van der Waals surface area contributed by atoms with E-state index in [0.29, 0.717) is 11.4 Å². The van der Waals surface area contributed by atoms with E-state index in [1.54, 1.807) is 0 Å². The van der Waals surface area contributed by atoms with E-state index in [9.17, 15) is 0 Å². The van der Waals surface area contributed by atoms with Crippen LogP contribution in [0.2, 0.25) is 0 Å². The second kappa shape index (κ2) is 10.1. The van der Waals surface area contributed by atoms with Crippen molar-refractivity contribution in [3.05, 3.63) is 106 Å². The van der Waals surface area contributed by atoms with Gasteiger partial charge in [0.2, 0.25) is 0 Å². The van der Waals surface area contributed by atoms with Crippen LogP contribution in [0.25, 0.3) is 0 Å². The van der Waals surface area contributed by atoms with Gasteiger partial charge < -0.3 is 20.9 Å². The zero-order valence-electron chi connectivity index (χ0n) is 21.2. The lowest BCUT2D eigenvalue weighted by molar-refractivity contribution is 0.457. The molecule has 0 atom stereocenters. The molecule has 0 aliphatic carbocycles. The summed E-state index contributed by atoms with van der Waals surface area (Å²) in [7, 11) is 0. The summed E-state index contributed by atoms with van der Waals surface area (Å²) in [6.07, 6.45) is 0.891. The number of hydrogen-bond donors (Lipinski definition) is 2. The Hall–Kier alpha value is -3.92. The largest absolute Gasteiger partial charge is 0.457 e. The SMILES string of the molecule is CCC(c1cc(C)cc(C)c1Oc1ccc(N)cc1)c1cc(C)cc(C)c1Oc1ccc(N)cc1. The molecule has 4 aromatic rings. The van der Waals surface area contributed by atoms with Crippen molar-refractivity contribution in [1.29, 1.82) is 0 Å². The zero-order valence-corrected chi connectivity index (χ0v) is 21.2. The lowest BCUT2D eigenvalue weighted by atomic mass is 9.84. The second-order valence-electron chi connectivity index (χ2n) is 9.30. The van der Waals surface area contributed by atoms with Crippen LogP contribution in [0.15, 0.2) is 72.8 Å². The van der Waals surface area contributed by atoms with Crippen LogP contribution in [0, 0.1) is 27.7 Å². The minimum Gasteiger partial charge on any atom is -0.457 e. The van der Waals surface area contributed by atoms with Gasteiger partial charge in [-0.2, -0.15) is 0 Å². The molecule has 0 amide bonds. The van der Waals surface area contributed by atoms with Gasteiger partial charge in [0.15, 0.2) is 0 Å². The van der Waals surface area contributed by atoms with E-state index < -0.39 is 0 Å². The van der Waals surface area contributed by atoms with Crippen molar-refractivity contribution in [3.63, 3.8) is 0 Å². The molecule has 0 heterocycles. The van der Waals surface area contributed by atoms with Gasteiger partial charge in [0.25, 0.3) is 0 Å². The molecule has 180 valence electrons. The van der Waals surface area contributed by atoms with Gasteiger partial charge >= 0.3 is 0 Å². The highest BCUT2D eigenvalue weighted by Crippen LogP contribution is 2.44. The molecule has 4 aromatic carbocycles. The monoisotopic (exact) mass is 466 g/mol.